The molecule has 1 aromatic rings. The number of hydrogen-bond acceptors (Lipinski definition) is 2. The van der Waals surface area contributed by atoms with Crippen LogP contribution in [0, 0.1) is 6.92 Å². The van der Waals surface area contributed by atoms with Crippen molar-refractivity contribution in [2.45, 2.75) is 71.5 Å². The lowest BCUT2D eigenvalue weighted by atomic mass is 9.82. The second kappa shape index (κ2) is 6.50. The van der Waals surface area contributed by atoms with Gasteiger partial charge in [0.25, 0.3) is 0 Å². The molecule has 1 atom stereocenters. The Labute approximate surface area is 130 Å². The zero-order valence-electron chi connectivity index (χ0n) is 14.5. The summed E-state index contributed by atoms with van der Waals surface area (Å²) in [5.41, 5.74) is 3.36. The lowest BCUT2D eigenvalue weighted by Gasteiger charge is -2.53. The van der Waals surface area contributed by atoms with E-state index >= 15 is 0 Å². The Morgan fingerprint density at radius 1 is 1.14 bits per heavy atom. The lowest BCUT2D eigenvalue weighted by Crippen LogP contribution is -2.68. The first kappa shape index (κ1) is 16.5. The molecule has 1 heterocycles. The van der Waals surface area contributed by atoms with E-state index in [1.165, 1.54) is 30.4 Å². The molecule has 1 aromatic carbocycles. The molecule has 118 valence electrons. The van der Waals surface area contributed by atoms with E-state index in [4.69, 9.17) is 0 Å². The Bertz CT molecular complexity index is 464. The fourth-order valence-electron chi connectivity index (χ4n) is 3.57. The molecule has 0 radical (unpaired) electrons. The first-order valence-electron chi connectivity index (χ1n) is 8.52. The summed E-state index contributed by atoms with van der Waals surface area (Å²) in [5.74, 6) is 0. The molecule has 2 rings (SSSR count). The van der Waals surface area contributed by atoms with Crippen LogP contribution >= 0.6 is 0 Å². The molecule has 1 aliphatic rings. The largest absolute Gasteiger partial charge is 0.308 e. The zero-order valence-corrected chi connectivity index (χ0v) is 14.5. The molecule has 0 spiro atoms. The van der Waals surface area contributed by atoms with Gasteiger partial charge < -0.3 is 5.32 Å². The van der Waals surface area contributed by atoms with Gasteiger partial charge in [0.1, 0.15) is 0 Å². The van der Waals surface area contributed by atoms with Crippen molar-refractivity contribution in [1.29, 1.82) is 0 Å². The molecule has 0 bridgehead atoms. The molecule has 1 unspecified atom stereocenters. The average Bonchev–Trinajstić information content (AvgIpc) is 2.48. The Hall–Kier alpha value is -0.860. The monoisotopic (exact) mass is 288 g/mol. The second-order valence-corrected chi connectivity index (χ2v) is 7.04. The second-order valence-electron chi connectivity index (χ2n) is 7.04. The maximum atomic E-state index is 3.82. The minimum atomic E-state index is 0.248. The van der Waals surface area contributed by atoms with E-state index in [2.05, 4.69) is 69.1 Å². The molecule has 1 aliphatic heterocycles. The van der Waals surface area contributed by atoms with Crippen molar-refractivity contribution in [3.8, 4) is 0 Å². The smallest absolute Gasteiger partial charge is 0.0333 e. The Balaban J connectivity index is 2.25. The van der Waals surface area contributed by atoms with Crippen LogP contribution in [0.5, 0.6) is 0 Å². The van der Waals surface area contributed by atoms with E-state index in [0.29, 0.717) is 5.54 Å². The number of benzene rings is 1. The molecule has 21 heavy (non-hydrogen) atoms. The van der Waals surface area contributed by atoms with Crippen molar-refractivity contribution in [2.24, 2.45) is 0 Å². The molecule has 2 nitrogen and oxygen atoms in total. The molecule has 1 N–H and O–H groups in total. The predicted octanol–water partition coefficient (Wildman–Crippen LogP) is 4.13. The summed E-state index contributed by atoms with van der Waals surface area (Å²) in [6.07, 6.45) is 3.60. The van der Waals surface area contributed by atoms with Crippen LogP contribution in [-0.4, -0.2) is 29.1 Å². The summed E-state index contributed by atoms with van der Waals surface area (Å²) >= 11 is 0. The fourth-order valence-corrected chi connectivity index (χ4v) is 3.57. The Morgan fingerprint density at radius 2 is 1.86 bits per heavy atom. The maximum absolute atomic E-state index is 3.82. The number of aryl methyl sites for hydroxylation is 1. The van der Waals surface area contributed by atoms with Gasteiger partial charge >= 0.3 is 0 Å². The Kier molecular flexibility index (Phi) is 5.11. The van der Waals surface area contributed by atoms with Gasteiger partial charge in [0, 0.05) is 30.7 Å². The molecule has 0 amide bonds. The number of rotatable bonds is 5. The highest BCUT2D eigenvalue weighted by Gasteiger charge is 2.42. The van der Waals surface area contributed by atoms with Crippen molar-refractivity contribution in [3.05, 3.63) is 35.4 Å². The number of piperazine rings is 1. The SMILES string of the molecule is CCC1(C)CN(Cc2cccc(C)c2)C(CC)(CC)CN1. The van der Waals surface area contributed by atoms with Crippen LogP contribution in [0.4, 0.5) is 0 Å². The summed E-state index contributed by atoms with van der Waals surface area (Å²) in [4.78, 5) is 2.74. The molecule has 1 fully saturated rings. The van der Waals surface area contributed by atoms with Crippen molar-refractivity contribution < 1.29 is 0 Å². The van der Waals surface area contributed by atoms with Gasteiger partial charge in [-0.3, -0.25) is 4.90 Å². The summed E-state index contributed by atoms with van der Waals surface area (Å²) in [6, 6.07) is 8.98. The van der Waals surface area contributed by atoms with Crippen molar-refractivity contribution in [2.75, 3.05) is 13.1 Å². The van der Waals surface area contributed by atoms with E-state index < -0.39 is 0 Å². The van der Waals surface area contributed by atoms with E-state index in [1.807, 2.05) is 0 Å². The third-order valence-electron chi connectivity index (χ3n) is 5.61. The highest BCUT2D eigenvalue weighted by molar-refractivity contribution is 5.22. The standard InChI is InChI=1S/C19H32N2/c1-6-18(5)15-21(19(7-2,8-3)14-20-18)13-17-11-9-10-16(4)12-17/h9-12,20H,6-8,13-15H2,1-5H3. The van der Waals surface area contributed by atoms with Gasteiger partial charge in [0.15, 0.2) is 0 Å². The van der Waals surface area contributed by atoms with Crippen LogP contribution in [0.3, 0.4) is 0 Å². The molecule has 0 aromatic heterocycles. The van der Waals surface area contributed by atoms with Crippen molar-refractivity contribution in [1.82, 2.24) is 10.2 Å². The van der Waals surface area contributed by atoms with Gasteiger partial charge in [-0.25, -0.2) is 0 Å². The quantitative estimate of drug-likeness (QED) is 0.876. The highest BCUT2D eigenvalue weighted by Crippen LogP contribution is 2.32. The minimum absolute atomic E-state index is 0.248. The molecule has 2 heteroatoms. The van der Waals surface area contributed by atoms with Crippen LogP contribution < -0.4 is 5.32 Å². The minimum Gasteiger partial charge on any atom is -0.308 e. The van der Waals surface area contributed by atoms with Crippen LogP contribution in [0.15, 0.2) is 24.3 Å². The van der Waals surface area contributed by atoms with E-state index in [1.54, 1.807) is 0 Å². The van der Waals surface area contributed by atoms with Gasteiger partial charge in [0.05, 0.1) is 0 Å². The zero-order chi connectivity index (χ0) is 15.5. The summed E-state index contributed by atoms with van der Waals surface area (Å²) < 4.78 is 0. The third kappa shape index (κ3) is 3.49. The fraction of sp³-hybridized carbons (Fsp3) is 0.684. The van der Waals surface area contributed by atoms with Crippen LogP contribution in [0.25, 0.3) is 0 Å². The Morgan fingerprint density at radius 3 is 2.43 bits per heavy atom. The highest BCUT2D eigenvalue weighted by atomic mass is 15.3. The number of nitrogens with one attached hydrogen (secondary N) is 1. The van der Waals surface area contributed by atoms with Gasteiger partial charge in [-0.05, 0) is 38.7 Å². The van der Waals surface area contributed by atoms with E-state index in [-0.39, 0.29) is 5.54 Å². The van der Waals surface area contributed by atoms with Gasteiger partial charge in [-0.15, -0.1) is 0 Å². The topological polar surface area (TPSA) is 15.3 Å². The average molecular weight is 288 g/mol. The van der Waals surface area contributed by atoms with Gasteiger partial charge in [-0.2, -0.15) is 0 Å². The molecular weight excluding hydrogens is 256 g/mol. The normalized spacial score (nSPS) is 26.0. The maximum Gasteiger partial charge on any atom is 0.0333 e. The van der Waals surface area contributed by atoms with Crippen LogP contribution in [0.2, 0.25) is 0 Å². The van der Waals surface area contributed by atoms with Gasteiger partial charge in [-0.1, -0.05) is 50.6 Å². The summed E-state index contributed by atoms with van der Waals surface area (Å²) in [7, 11) is 0. The van der Waals surface area contributed by atoms with E-state index in [0.717, 1.165) is 19.6 Å². The van der Waals surface area contributed by atoms with Gasteiger partial charge in [0.2, 0.25) is 0 Å². The van der Waals surface area contributed by atoms with E-state index in [9.17, 15) is 0 Å². The summed E-state index contributed by atoms with van der Waals surface area (Å²) in [6.45, 7) is 14.8. The number of hydrogen-bond donors (Lipinski definition) is 1. The summed E-state index contributed by atoms with van der Waals surface area (Å²) in [5, 5.41) is 3.82. The molecule has 1 saturated heterocycles. The van der Waals surface area contributed by atoms with Crippen molar-refractivity contribution >= 4 is 0 Å². The molecule has 0 aliphatic carbocycles. The van der Waals surface area contributed by atoms with Crippen molar-refractivity contribution in [3.63, 3.8) is 0 Å². The predicted molar refractivity (Wildman–Crippen MR) is 91.6 cm³/mol. The molecular formula is C19H32N2. The molecule has 0 saturated carbocycles. The first-order valence-corrected chi connectivity index (χ1v) is 8.52. The van der Waals surface area contributed by atoms with Crippen LogP contribution in [-0.2, 0) is 6.54 Å². The van der Waals surface area contributed by atoms with Crippen LogP contribution in [0.1, 0.15) is 58.1 Å². The third-order valence-corrected chi connectivity index (χ3v) is 5.61. The lowest BCUT2D eigenvalue weighted by molar-refractivity contribution is -0.00408. The number of nitrogens with zero attached hydrogens (tertiary/aromatic N) is 1. The first-order chi connectivity index (χ1) is 9.97.